The van der Waals surface area contributed by atoms with Crippen molar-refractivity contribution in [3.05, 3.63) is 55.2 Å². The quantitative estimate of drug-likeness (QED) is 0.152. The molecule has 0 bridgehead atoms. The van der Waals surface area contributed by atoms with E-state index in [1.54, 1.807) is 22.9 Å². The zero-order chi connectivity index (χ0) is 77.1. The van der Waals surface area contributed by atoms with Crippen LogP contribution in [0.3, 0.4) is 0 Å². The highest BCUT2D eigenvalue weighted by Gasteiger charge is 2.63. The summed E-state index contributed by atoms with van der Waals surface area (Å²) >= 11 is 1.70. The summed E-state index contributed by atoms with van der Waals surface area (Å²) in [7, 11) is 0. The molecule has 16 aliphatic carbocycles. The van der Waals surface area contributed by atoms with Gasteiger partial charge < -0.3 is 25.0 Å². The molecular weight excluding hydrogens is 1370 g/mol. The molecule has 19 rings (SSSR count). The topological polar surface area (TPSA) is 122 Å². The second kappa shape index (κ2) is 32.4. The molecule has 2 saturated heterocycles. The van der Waals surface area contributed by atoms with E-state index in [1.165, 1.54) is 250 Å². The maximum Gasteiger partial charge on any atom is 0.146 e. The summed E-state index contributed by atoms with van der Waals surface area (Å²) < 4.78 is 2.18. The van der Waals surface area contributed by atoms with Gasteiger partial charge in [-0.2, -0.15) is 11.8 Å². The van der Waals surface area contributed by atoms with Crippen molar-refractivity contribution in [3.63, 3.8) is 0 Å². The number of ketones is 1. The average molecular weight is 1530 g/mol. The van der Waals surface area contributed by atoms with E-state index >= 15 is 0 Å². The summed E-state index contributed by atoms with van der Waals surface area (Å²) in [5.74, 6) is 21.4. The molecule has 10 heteroatoms. The smallest absolute Gasteiger partial charge is 0.146 e. The van der Waals surface area contributed by atoms with Crippen LogP contribution in [0.15, 0.2) is 55.2 Å². The number of rotatable bonds is 12. The normalized spacial score (nSPS) is 50.4. The largest absolute Gasteiger partial charge is 0.390 e. The third-order valence-corrected chi connectivity index (χ3v) is 40.1. The van der Waals surface area contributed by atoms with Crippen molar-refractivity contribution in [3.8, 4) is 0 Å². The van der Waals surface area contributed by atoms with Crippen LogP contribution in [0.25, 0.3) is 0 Å². The molecule has 0 radical (unpaired) electrons. The number of piperidine rings is 1. The van der Waals surface area contributed by atoms with Gasteiger partial charge in [0, 0.05) is 37.9 Å². The van der Waals surface area contributed by atoms with Crippen molar-refractivity contribution < 1.29 is 25.2 Å². The summed E-state index contributed by atoms with van der Waals surface area (Å²) in [5.41, 5.74) is 4.72. The van der Waals surface area contributed by atoms with Crippen molar-refractivity contribution in [2.75, 3.05) is 51.3 Å². The monoisotopic (exact) mass is 1530 g/mol. The van der Waals surface area contributed by atoms with Gasteiger partial charge in [-0.25, -0.2) is 4.98 Å². The van der Waals surface area contributed by atoms with Gasteiger partial charge in [-0.05, 0) is 475 Å². The van der Waals surface area contributed by atoms with Gasteiger partial charge in [-0.1, -0.05) is 70.6 Å². The van der Waals surface area contributed by atoms with E-state index in [-0.39, 0.29) is 16.6 Å². The van der Waals surface area contributed by atoms with E-state index in [0.717, 1.165) is 195 Å². The number of fused-ring (bicyclic) bond motifs is 20. The first kappa shape index (κ1) is 81.9. The minimum atomic E-state index is -0.417. The van der Waals surface area contributed by atoms with Crippen molar-refractivity contribution in [2.24, 2.45) is 164 Å². The number of hydrogen-bond acceptors (Lipinski definition) is 9. The van der Waals surface area contributed by atoms with Gasteiger partial charge in [0.15, 0.2) is 0 Å². The molecule has 32 atom stereocenters. The number of allylic oxidation sites excluding steroid dienone is 1. The molecule has 0 unspecified atom stereocenters. The second-order valence-corrected chi connectivity index (χ2v) is 46.7. The van der Waals surface area contributed by atoms with Crippen LogP contribution in [0.2, 0.25) is 0 Å². The van der Waals surface area contributed by atoms with E-state index in [1.807, 2.05) is 19.4 Å². The molecule has 9 nitrogen and oxygen atoms in total. The van der Waals surface area contributed by atoms with Crippen molar-refractivity contribution in [2.45, 2.75) is 348 Å². The minimum absolute atomic E-state index is 0.279. The lowest BCUT2D eigenvalue weighted by molar-refractivity contribution is -0.129. The lowest BCUT2D eigenvalue weighted by atomic mass is 9.49. The first-order chi connectivity index (χ1) is 52.5. The van der Waals surface area contributed by atoms with Crippen LogP contribution in [0.4, 0.5) is 0 Å². The number of aliphatic hydroxyl groups is 4. The molecule has 4 N–H and O–H groups in total. The molecule has 16 saturated carbocycles. The number of hydrogen-bond donors (Lipinski definition) is 4. The number of thioether (sulfide) groups is 1. The van der Waals surface area contributed by atoms with Gasteiger partial charge in [0.25, 0.3) is 0 Å². The molecule has 1 aromatic rings. The lowest BCUT2D eigenvalue weighted by Crippen LogP contribution is -2.51. The molecular formula is C100H162N4O5S. The highest BCUT2D eigenvalue weighted by molar-refractivity contribution is 7.99. The first-order valence-electron chi connectivity index (χ1n) is 47.8. The summed E-state index contributed by atoms with van der Waals surface area (Å²) in [6.45, 7) is 41.0. The Morgan fingerprint density at radius 3 is 0.964 bits per heavy atom. The van der Waals surface area contributed by atoms with E-state index in [9.17, 15) is 25.2 Å². The fourth-order valence-corrected chi connectivity index (χ4v) is 35.2. The van der Waals surface area contributed by atoms with E-state index in [2.05, 4.69) is 100 Å². The summed E-state index contributed by atoms with van der Waals surface area (Å²) in [5, 5.41) is 42.3. The van der Waals surface area contributed by atoms with Crippen molar-refractivity contribution in [1.29, 1.82) is 0 Å². The fraction of sp³-hybridized carbons (Fsp3) is 0.900. The number of imidazole rings is 1. The fourth-order valence-electron chi connectivity index (χ4n) is 34.7. The molecule has 618 valence electrons. The number of carbonyl (C=O) groups is 1. The third-order valence-electron chi connectivity index (χ3n) is 39.5. The van der Waals surface area contributed by atoms with Crippen LogP contribution < -0.4 is 0 Å². The molecule has 2 aliphatic heterocycles. The van der Waals surface area contributed by atoms with Gasteiger partial charge in [0.05, 0.1) is 34.5 Å². The molecule has 18 fully saturated rings. The van der Waals surface area contributed by atoms with E-state index < -0.39 is 11.2 Å². The number of likely N-dealkylation sites (tertiary alicyclic amines) is 2. The van der Waals surface area contributed by atoms with Gasteiger partial charge in [-0.15, -0.1) is 0 Å². The lowest BCUT2D eigenvalue weighted by Gasteiger charge is -2.57. The Balaban J connectivity index is 0.000000112. The van der Waals surface area contributed by atoms with Gasteiger partial charge in [-0.3, -0.25) is 14.6 Å². The highest BCUT2D eigenvalue weighted by Crippen LogP contribution is 2.71. The van der Waals surface area contributed by atoms with Crippen LogP contribution in [-0.4, -0.2) is 119 Å². The molecule has 110 heavy (non-hydrogen) atoms. The Morgan fingerprint density at radius 1 is 0.364 bits per heavy atom. The average Bonchev–Trinajstić information content (AvgIpc) is 1.51. The summed E-state index contributed by atoms with van der Waals surface area (Å²) in [4.78, 5) is 22.3. The van der Waals surface area contributed by atoms with Crippen LogP contribution in [0, 0.1) is 164 Å². The van der Waals surface area contributed by atoms with Crippen LogP contribution in [-0.2, 0) is 11.3 Å². The molecule has 0 spiro atoms. The molecule has 1 aromatic heterocycles. The zero-order valence-electron chi connectivity index (χ0n) is 71.8. The maximum atomic E-state index is 12.7. The van der Waals surface area contributed by atoms with Gasteiger partial charge >= 0.3 is 0 Å². The number of aromatic nitrogens is 2. The molecule has 18 aliphatic rings. The predicted octanol–water partition coefficient (Wildman–Crippen LogP) is 22.1. The Hall–Kier alpha value is -1.79. The Bertz CT molecular complexity index is 3340. The van der Waals surface area contributed by atoms with E-state index in [0.29, 0.717) is 39.6 Å². The predicted molar refractivity (Wildman–Crippen MR) is 454 cm³/mol. The first-order valence-corrected chi connectivity index (χ1v) is 49.2. The number of Topliss-reactive ketones (excluding diaryl/α,β-unsaturated/α-hetero) is 1. The van der Waals surface area contributed by atoms with Gasteiger partial charge in [0.1, 0.15) is 5.78 Å². The zero-order valence-corrected chi connectivity index (χ0v) is 72.6. The van der Waals surface area contributed by atoms with Crippen molar-refractivity contribution >= 4 is 17.5 Å². The Labute approximate surface area is 675 Å². The highest BCUT2D eigenvalue weighted by atomic mass is 32.2. The Morgan fingerprint density at radius 2 is 0.655 bits per heavy atom. The minimum Gasteiger partial charge on any atom is -0.390 e. The van der Waals surface area contributed by atoms with Crippen LogP contribution in [0.1, 0.15) is 319 Å². The molecule has 0 aromatic carbocycles. The maximum absolute atomic E-state index is 12.7. The van der Waals surface area contributed by atoms with Crippen molar-refractivity contribution in [1.82, 2.24) is 19.4 Å². The van der Waals surface area contributed by atoms with E-state index in [4.69, 9.17) is 0 Å². The second-order valence-electron chi connectivity index (χ2n) is 45.8. The van der Waals surface area contributed by atoms with Crippen LogP contribution in [0.5, 0.6) is 0 Å². The Kier molecular flexibility index (Phi) is 24.1. The third kappa shape index (κ3) is 16.0. The summed E-state index contributed by atoms with van der Waals surface area (Å²) in [6, 6.07) is 0. The number of nitrogens with zero attached hydrogens (tertiary/aromatic N) is 4. The standard InChI is InChI=1S/C27H45NO.C26H43NO.C25H38N2O.C22H36O2S/c1-19(18-28-15-5-4-6-16-28)24-9-10-25-23-8-7-20-17-26(2,29)13-11-21(20)22(23)12-14-27(24,25)3;1-18(17-27-14-4-5-15-27)23-8-9-24-22-7-6-19-16-25(2,28)12-10-20(19)21(22)11-13-26(23,24)3;1-17(15-27-13-12-26-16-27)22-6-7-23-21-5-4-18-14-24(2,28)10-8-19(18)20(21)9-11-25(22,23)3;1-21(24)10-8-15-14(12-21)4-5-17-16(15)9-11-22(2)18(17)6-7-19(22)20(23)13-25-3/h20-25,29H,1,4-18H2,2-3H3;19-24,28H,1,4-17H2,2-3H3;12-13,16,18-23,28H,1,4-11,14-15H2,2-3H3;14-19,24H,4-13H2,1-3H3/t20-,21+,22-,23-,24-,25+,26+,27-;19-,20+,21-,22-,23-,24+,25+,26-;18-,19+,20-,21-,22-,23+,24+,25-;14-,15+,16-,17-,18+,19-,21+,22+/m1111/s1. The molecule has 3 heterocycles. The van der Waals surface area contributed by atoms with Gasteiger partial charge in [0.2, 0.25) is 0 Å². The number of carbonyl (C=O) groups excluding carboxylic acids is 1. The molecule has 0 amide bonds. The SMILES string of the molecule is C=C(CN1CCCC1)[C@H]1CC[C@H]2[C@@H]3CC[C@@H]4C[C@@](C)(O)CC[C@@H]4[C@H]3CC[C@]12C.C=C(CN1CCCCC1)[C@H]1CC[C@H]2[C@@H]3CC[C@@H]4C[C@@](C)(O)CC[C@@H]4[C@H]3CC[C@]12C.C=C(Cn1ccnc1)[C@H]1CC[C@H]2[C@@H]3CC[C@@H]4C[C@@](C)(O)CC[C@@H]4[C@H]3CC[C@]12C.CSCC(=O)[C@H]1CC[C@H]2[C@@H]3CC[C@@H]4C[C@@](C)(O)CC[C@@H]4[C@H]3CC[C@]12C. The summed E-state index contributed by atoms with van der Waals surface area (Å²) in [6.07, 6.45) is 61.4. The van der Waals surface area contributed by atoms with Crippen LogP contribution >= 0.6 is 11.8 Å².